The summed E-state index contributed by atoms with van der Waals surface area (Å²) < 4.78 is 11.7. The normalized spacial score (nSPS) is 20.3. The lowest BCUT2D eigenvalue weighted by atomic mass is 9.96. The van der Waals surface area contributed by atoms with Crippen LogP contribution in [0.25, 0.3) is 0 Å². The zero-order valence-electron chi connectivity index (χ0n) is 11.0. The Morgan fingerprint density at radius 2 is 2.21 bits per heavy atom. The number of halogens is 1. The number of thiazole rings is 1. The van der Waals surface area contributed by atoms with Crippen LogP contribution in [-0.2, 0) is 21.6 Å². The highest BCUT2D eigenvalue weighted by Gasteiger charge is 2.56. The molecule has 0 atom stereocenters. The number of nitrogens with zero attached hydrogens (tertiary/aromatic N) is 2. The first-order chi connectivity index (χ1) is 8.82. The van der Waals surface area contributed by atoms with E-state index in [1.807, 2.05) is 20.8 Å². The van der Waals surface area contributed by atoms with E-state index in [-0.39, 0.29) is 11.6 Å². The summed E-state index contributed by atoms with van der Waals surface area (Å²) in [7, 11) is 0. The minimum absolute atomic E-state index is 0.294. The van der Waals surface area contributed by atoms with Crippen LogP contribution < -0.4 is 0 Å². The van der Waals surface area contributed by atoms with E-state index in [1.54, 1.807) is 16.2 Å². The molecule has 0 N–H and O–H groups in total. The number of hydrogen-bond acceptors (Lipinski definition) is 5. The van der Waals surface area contributed by atoms with Crippen LogP contribution >= 0.6 is 27.3 Å². The Kier molecular flexibility index (Phi) is 2.92. The van der Waals surface area contributed by atoms with E-state index < -0.39 is 5.60 Å². The fraction of sp³-hybridized carbons (Fsp3) is 0.667. The maximum absolute atomic E-state index is 12.3. The minimum Gasteiger partial charge on any atom is -0.444 e. The monoisotopic (exact) mass is 346 g/mol. The largest absolute Gasteiger partial charge is 0.444 e. The second kappa shape index (κ2) is 4.17. The highest BCUT2D eigenvalue weighted by atomic mass is 79.9. The van der Waals surface area contributed by atoms with Crippen LogP contribution in [-0.4, -0.2) is 34.8 Å². The summed E-state index contributed by atoms with van der Waals surface area (Å²) in [5.41, 5.74) is 0.0971. The molecule has 3 heterocycles. The Bertz CT molecular complexity index is 534. The van der Waals surface area contributed by atoms with Gasteiger partial charge in [0.2, 0.25) is 0 Å². The second-order valence-corrected chi connectivity index (χ2v) is 8.11. The molecule has 3 rings (SSSR count). The number of carbonyl (C=O) groups is 1. The highest BCUT2D eigenvalue weighted by Crippen LogP contribution is 2.48. The molecule has 0 radical (unpaired) electrons. The average Bonchev–Trinajstić information content (AvgIpc) is 2.66. The Morgan fingerprint density at radius 3 is 2.74 bits per heavy atom. The summed E-state index contributed by atoms with van der Waals surface area (Å²) in [6, 6.07) is 0. The van der Waals surface area contributed by atoms with Crippen molar-refractivity contribution in [3.05, 3.63) is 14.5 Å². The molecule has 19 heavy (non-hydrogen) atoms. The maximum Gasteiger partial charge on any atom is 0.411 e. The lowest BCUT2D eigenvalue weighted by Crippen LogP contribution is -2.58. The first-order valence-electron chi connectivity index (χ1n) is 6.06. The predicted molar refractivity (Wildman–Crippen MR) is 74.1 cm³/mol. The molecule has 5 nitrogen and oxygen atoms in total. The molecular formula is C12H15BrN2O3S. The van der Waals surface area contributed by atoms with Gasteiger partial charge in [-0.25, -0.2) is 9.78 Å². The van der Waals surface area contributed by atoms with Crippen molar-refractivity contribution >= 4 is 33.4 Å². The number of ether oxygens (including phenoxy) is 2. The van der Waals surface area contributed by atoms with Crippen molar-refractivity contribution in [2.75, 3.05) is 13.2 Å². The zero-order valence-corrected chi connectivity index (χ0v) is 13.4. The molecule has 0 bridgehead atoms. The van der Waals surface area contributed by atoms with Crippen molar-refractivity contribution in [3.63, 3.8) is 0 Å². The first-order valence-corrected chi connectivity index (χ1v) is 7.67. The van der Waals surface area contributed by atoms with Gasteiger partial charge in [-0.05, 0) is 36.7 Å². The van der Waals surface area contributed by atoms with E-state index in [2.05, 4.69) is 20.9 Å². The summed E-state index contributed by atoms with van der Waals surface area (Å²) in [6.07, 6.45) is -0.294. The molecule has 1 spiro atoms. The van der Waals surface area contributed by atoms with Crippen LogP contribution in [0.4, 0.5) is 4.79 Å². The molecule has 0 unspecified atom stereocenters. The van der Waals surface area contributed by atoms with E-state index in [0.717, 1.165) is 14.5 Å². The van der Waals surface area contributed by atoms with E-state index in [1.165, 1.54) is 0 Å². The second-order valence-electron chi connectivity index (χ2n) is 5.83. The van der Waals surface area contributed by atoms with Crippen molar-refractivity contribution in [1.29, 1.82) is 0 Å². The van der Waals surface area contributed by atoms with Crippen LogP contribution in [0.3, 0.4) is 0 Å². The van der Waals surface area contributed by atoms with Gasteiger partial charge in [-0.3, -0.25) is 4.90 Å². The molecule has 1 aromatic rings. The fourth-order valence-electron chi connectivity index (χ4n) is 2.36. The van der Waals surface area contributed by atoms with E-state index >= 15 is 0 Å². The van der Waals surface area contributed by atoms with Crippen LogP contribution in [0.2, 0.25) is 0 Å². The van der Waals surface area contributed by atoms with Crippen LogP contribution in [0.1, 0.15) is 31.3 Å². The van der Waals surface area contributed by atoms with Crippen molar-refractivity contribution in [1.82, 2.24) is 9.88 Å². The minimum atomic E-state index is -0.493. The third-order valence-electron chi connectivity index (χ3n) is 3.21. The van der Waals surface area contributed by atoms with Crippen LogP contribution in [0, 0.1) is 0 Å². The summed E-state index contributed by atoms with van der Waals surface area (Å²) in [6.45, 7) is 7.15. The molecule has 7 heteroatoms. The Morgan fingerprint density at radius 1 is 1.53 bits per heavy atom. The van der Waals surface area contributed by atoms with Gasteiger partial charge >= 0.3 is 6.09 Å². The van der Waals surface area contributed by atoms with E-state index in [0.29, 0.717) is 19.8 Å². The Balaban J connectivity index is 1.89. The summed E-state index contributed by atoms with van der Waals surface area (Å²) in [4.78, 5) is 19.6. The van der Waals surface area contributed by atoms with Crippen LogP contribution in [0.5, 0.6) is 0 Å². The van der Waals surface area contributed by atoms with Gasteiger partial charge in [-0.15, -0.1) is 11.3 Å². The van der Waals surface area contributed by atoms with Gasteiger partial charge in [-0.1, -0.05) is 0 Å². The number of fused-ring (bicyclic) bond motifs is 2. The maximum atomic E-state index is 12.3. The number of amides is 1. The number of carbonyl (C=O) groups excluding carboxylic acids is 1. The van der Waals surface area contributed by atoms with Gasteiger partial charge in [-0.2, -0.15) is 0 Å². The molecule has 0 aromatic carbocycles. The summed E-state index contributed by atoms with van der Waals surface area (Å²) in [5.74, 6) is 0. The summed E-state index contributed by atoms with van der Waals surface area (Å²) in [5, 5.41) is 0. The SMILES string of the molecule is CC(C)(C)OC(=O)N1Cc2nc(Br)sc2C12COC2. The molecule has 0 aliphatic carbocycles. The molecule has 1 amide bonds. The van der Waals surface area contributed by atoms with E-state index in [4.69, 9.17) is 9.47 Å². The highest BCUT2D eigenvalue weighted by molar-refractivity contribution is 9.11. The lowest BCUT2D eigenvalue weighted by Gasteiger charge is -2.44. The molecular weight excluding hydrogens is 332 g/mol. The molecule has 0 saturated carbocycles. The first kappa shape index (κ1) is 13.3. The van der Waals surface area contributed by atoms with Crippen molar-refractivity contribution in [3.8, 4) is 0 Å². The molecule has 104 valence electrons. The van der Waals surface area contributed by atoms with Crippen molar-refractivity contribution in [2.24, 2.45) is 0 Å². The number of hydrogen-bond donors (Lipinski definition) is 0. The van der Waals surface area contributed by atoms with Gasteiger partial charge < -0.3 is 9.47 Å². The van der Waals surface area contributed by atoms with Gasteiger partial charge in [0.15, 0.2) is 3.92 Å². The van der Waals surface area contributed by atoms with Crippen LogP contribution in [0.15, 0.2) is 3.92 Å². The fourth-order valence-corrected chi connectivity index (χ4v) is 4.03. The quantitative estimate of drug-likeness (QED) is 0.724. The Labute approximate surface area is 124 Å². The lowest BCUT2D eigenvalue weighted by molar-refractivity contribution is -0.134. The molecule has 1 saturated heterocycles. The predicted octanol–water partition coefficient (Wildman–Crippen LogP) is 2.88. The number of rotatable bonds is 0. The molecule has 1 fully saturated rings. The van der Waals surface area contributed by atoms with Gasteiger partial charge in [0.25, 0.3) is 0 Å². The van der Waals surface area contributed by atoms with Crippen molar-refractivity contribution in [2.45, 2.75) is 38.5 Å². The third kappa shape index (κ3) is 2.08. The van der Waals surface area contributed by atoms with Gasteiger partial charge in [0, 0.05) is 0 Å². The number of aromatic nitrogens is 1. The van der Waals surface area contributed by atoms with E-state index in [9.17, 15) is 4.79 Å². The smallest absolute Gasteiger partial charge is 0.411 e. The zero-order chi connectivity index (χ0) is 13.8. The molecule has 2 aliphatic heterocycles. The van der Waals surface area contributed by atoms with Gasteiger partial charge in [0.1, 0.15) is 11.1 Å². The Hall–Kier alpha value is -0.660. The van der Waals surface area contributed by atoms with Crippen molar-refractivity contribution < 1.29 is 14.3 Å². The molecule has 1 aromatic heterocycles. The summed E-state index contributed by atoms with van der Waals surface area (Å²) >= 11 is 4.98. The molecule has 2 aliphatic rings. The topological polar surface area (TPSA) is 51.7 Å². The van der Waals surface area contributed by atoms with Gasteiger partial charge in [0.05, 0.1) is 30.3 Å². The standard InChI is InChI=1S/C12H15BrN2O3S/c1-11(2,3)18-10(16)15-4-7-8(19-9(13)14-7)12(15)5-17-6-12/h4-6H2,1-3H3. The average molecular weight is 347 g/mol. The third-order valence-corrected chi connectivity index (χ3v) is 4.96.